The molecular formula is C71H123N9O11. The molecule has 518 valence electrons. The summed E-state index contributed by atoms with van der Waals surface area (Å²) in [6.45, 7) is 15.7. The Hall–Kier alpha value is -5.44. The second-order valence-electron chi connectivity index (χ2n) is 26.1. The van der Waals surface area contributed by atoms with Crippen LogP contribution in [0.4, 0.5) is 16.4 Å². The van der Waals surface area contributed by atoms with E-state index in [1.807, 2.05) is 27.7 Å². The first-order valence-electron chi connectivity index (χ1n) is 35.5. The van der Waals surface area contributed by atoms with Gasteiger partial charge in [0.2, 0.25) is 11.9 Å². The fourth-order valence-electron chi connectivity index (χ4n) is 10.7. The number of benzene rings is 1. The number of ether oxygens (including phenoxy) is 5. The zero-order valence-corrected chi connectivity index (χ0v) is 57.3. The molecule has 1 aromatic carbocycles. The second-order valence-corrected chi connectivity index (χ2v) is 26.1. The summed E-state index contributed by atoms with van der Waals surface area (Å²) in [6, 6.07) is 5.07. The molecule has 20 nitrogen and oxygen atoms in total. The number of nitrogens with two attached hydrogens (primary N) is 1. The molecule has 0 bridgehead atoms. The first-order chi connectivity index (χ1) is 44.0. The van der Waals surface area contributed by atoms with Crippen LogP contribution in [0.25, 0.3) is 11.2 Å². The number of nitrogen functional groups attached to an aromatic ring is 1. The molecule has 3 amide bonds. The minimum Gasteiger partial charge on any atom is -0.480 e. The fourth-order valence-corrected chi connectivity index (χ4v) is 10.7. The summed E-state index contributed by atoms with van der Waals surface area (Å²) in [5.74, 6) is -2.27. The van der Waals surface area contributed by atoms with E-state index < -0.39 is 40.8 Å². The highest BCUT2D eigenvalue weighted by Gasteiger charge is 2.27. The van der Waals surface area contributed by atoms with Gasteiger partial charge in [-0.15, -0.1) is 0 Å². The molecule has 2 heterocycles. The van der Waals surface area contributed by atoms with Crippen molar-refractivity contribution in [1.82, 2.24) is 35.9 Å². The monoisotopic (exact) mass is 1280 g/mol. The van der Waals surface area contributed by atoms with E-state index in [2.05, 4.69) is 55.1 Å². The largest absolute Gasteiger partial charge is 0.480 e. The van der Waals surface area contributed by atoms with Crippen molar-refractivity contribution >= 4 is 46.7 Å². The van der Waals surface area contributed by atoms with E-state index in [0.29, 0.717) is 70.3 Å². The standard InChI is InChI=1S/C71H123N9O11/c1-7-9-11-13-15-17-19-21-23-25-27-29-31-33-35-37-49-87-54-60(88-50-38-36-34-32-30-28-26-24-22-20-18-16-14-12-10-8-2)55-89-69(86)74-48-46-70(3,4)91-56-71(5,6)90-51-39-47-73-62(81)45-44-61(67(84)85)78-65(82)57-40-42-58(43-41-57)75-52-59-53-76-64-63(77-59)66(83)80-68(72)79-64/h40-43,53,60-61,75H,7-39,44-52,54-56H2,1-6H3,(H,73,81)(H,74,86)(H,78,82)(H,84,85)(H3,72,76,79,80,83). The van der Waals surface area contributed by atoms with Crippen LogP contribution in [0.5, 0.6) is 0 Å². The molecule has 20 heteroatoms. The Morgan fingerprint density at radius 3 is 1.68 bits per heavy atom. The van der Waals surface area contributed by atoms with Crippen LogP contribution in [-0.4, -0.2) is 125 Å². The van der Waals surface area contributed by atoms with Gasteiger partial charge >= 0.3 is 12.1 Å². The van der Waals surface area contributed by atoms with E-state index in [1.54, 1.807) is 12.1 Å². The van der Waals surface area contributed by atoms with Gasteiger partial charge in [0.15, 0.2) is 11.2 Å². The maximum absolute atomic E-state index is 13.0. The van der Waals surface area contributed by atoms with E-state index in [0.717, 1.165) is 25.7 Å². The third kappa shape index (κ3) is 41.0. The number of carbonyl (C=O) groups excluding carboxylic acids is 3. The second kappa shape index (κ2) is 50.1. The number of rotatable bonds is 59. The summed E-state index contributed by atoms with van der Waals surface area (Å²) in [5, 5.41) is 21.2. The van der Waals surface area contributed by atoms with E-state index in [1.165, 1.54) is 198 Å². The van der Waals surface area contributed by atoms with E-state index >= 15 is 0 Å². The molecule has 0 saturated carbocycles. The van der Waals surface area contributed by atoms with Crippen LogP contribution in [0.15, 0.2) is 35.3 Å². The summed E-state index contributed by atoms with van der Waals surface area (Å²) in [6.07, 6.45) is 43.8. The highest BCUT2D eigenvalue weighted by Crippen LogP contribution is 2.21. The molecule has 2 atom stereocenters. The Balaban J connectivity index is 1.27. The number of aromatic amines is 1. The molecule has 91 heavy (non-hydrogen) atoms. The normalized spacial score (nSPS) is 12.5. The van der Waals surface area contributed by atoms with Crippen molar-refractivity contribution in [3.63, 3.8) is 0 Å². The molecular weight excluding hydrogens is 1150 g/mol. The van der Waals surface area contributed by atoms with Crippen molar-refractivity contribution in [1.29, 1.82) is 0 Å². The number of unbranched alkanes of at least 4 members (excludes halogenated alkanes) is 30. The van der Waals surface area contributed by atoms with Gasteiger partial charge in [-0.1, -0.05) is 206 Å². The predicted octanol–water partition coefficient (Wildman–Crippen LogP) is 15.0. The van der Waals surface area contributed by atoms with Crippen LogP contribution >= 0.6 is 0 Å². The van der Waals surface area contributed by atoms with Gasteiger partial charge in [-0.05, 0) is 84.1 Å². The summed E-state index contributed by atoms with van der Waals surface area (Å²) in [5.41, 5.74) is 5.38. The summed E-state index contributed by atoms with van der Waals surface area (Å²) < 4.78 is 30.5. The average Bonchev–Trinajstić information content (AvgIpc) is 1.21. The van der Waals surface area contributed by atoms with Crippen molar-refractivity contribution < 1.29 is 48.0 Å². The van der Waals surface area contributed by atoms with Gasteiger partial charge in [0.05, 0.1) is 42.9 Å². The number of hydrogen-bond acceptors (Lipinski definition) is 15. The first kappa shape index (κ1) is 79.8. The Kier molecular flexibility index (Phi) is 43.9. The molecule has 0 fully saturated rings. The van der Waals surface area contributed by atoms with Crippen LogP contribution in [0.2, 0.25) is 0 Å². The SMILES string of the molecule is CCCCCCCCCCCCCCCCCCOCC(COC(=O)NCCC(C)(C)OCC(C)(C)OCCCNC(=O)CCC(NC(=O)c1ccc(NCc2cnc3nc(N)[nH]c(=O)c3n2)cc1)C(=O)O)OCCCCCCCCCCCCCCCCCC. The van der Waals surface area contributed by atoms with Gasteiger partial charge in [0.1, 0.15) is 18.8 Å². The molecule has 2 unspecified atom stereocenters. The van der Waals surface area contributed by atoms with Crippen molar-refractivity contribution in [2.75, 3.05) is 63.8 Å². The van der Waals surface area contributed by atoms with E-state index in [9.17, 15) is 29.1 Å². The number of hydrogen-bond donors (Lipinski definition) is 7. The van der Waals surface area contributed by atoms with Gasteiger partial charge in [-0.3, -0.25) is 19.4 Å². The van der Waals surface area contributed by atoms with Gasteiger partial charge in [-0.25, -0.2) is 19.6 Å². The van der Waals surface area contributed by atoms with E-state index in [-0.39, 0.29) is 60.7 Å². The summed E-state index contributed by atoms with van der Waals surface area (Å²) in [7, 11) is 0. The lowest BCUT2D eigenvalue weighted by atomic mass is 10.0. The van der Waals surface area contributed by atoms with Gasteiger partial charge < -0.3 is 55.8 Å². The van der Waals surface area contributed by atoms with Crippen LogP contribution in [0.1, 0.15) is 289 Å². The van der Waals surface area contributed by atoms with Gasteiger partial charge in [0.25, 0.3) is 11.5 Å². The van der Waals surface area contributed by atoms with Gasteiger partial charge in [-0.2, -0.15) is 4.98 Å². The number of nitrogens with one attached hydrogen (secondary N) is 5. The molecule has 3 aromatic rings. The lowest BCUT2D eigenvalue weighted by molar-refractivity contribution is -0.139. The number of aromatic nitrogens is 4. The number of carbonyl (C=O) groups is 4. The zero-order valence-electron chi connectivity index (χ0n) is 57.3. The van der Waals surface area contributed by atoms with Crippen molar-refractivity contribution in [2.24, 2.45) is 0 Å². The molecule has 2 aromatic heterocycles. The minimum atomic E-state index is -1.29. The van der Waals surface area contributed by atoms with Crippen LogP contribution in [-0.2, 0) is 39.8 Å². The third-order valence-corrected chi connectivity index (χ3v) is 16.5. The Morgan fingerprint density at radius 1 is 0.615 bits per heavy atom. The number of anilines is 2. The first-order valence-corrected chi connectivity index (χ1v) is 35.5. The number of alkyl carbamates (subject to hydrolysis) is 1. The Labute approximate surface area is 546 Å². The molecule has 8 N–H and O–H groups in total. The van der Waals surface area contributed by atoms with Crippen LogP contribution in [0, 0.1) is 0 Å². The number of carboxylic acid groups (broad SMARTS) is 1. The summed E-state index contributed by atoms with van der Waals surface area (Å²) >= 11 is 0. The Morgan fingerprint density at radius 2 is 1.14 bits per heavy atom. The van der Waals surface area contributed by atoms with E-state index in [4.69, 9.17) is 29.4 Å². The average molecular weight is 1280 g/mol. The number of H-pyrrole nitrogens is 1. The highest BCUT2D eigenvalue weighted by atomic mass is 16.6. The number of nitrogens with zero attached hydrogens (tertiary/aromatic N) is 3. The maximum Gasteiger partial charge on any atom is 0.407 e. The zero-order chi connectivity index (χ0) is 66.1. The summed E-state index contributed by atoms with van der Waals surface area (Å²) in [4.78, 5) is 77.7. The maximum atomic E-state index is 13.0. The van der Waals surface area contributed by atoms with Crippen molar-refractivity contribution in [2.45, 2.75) is 303 Å². The Bertz CT molecular complexity index is 2440. The number of carboxylic acids is 1. The predicted molar refractivity (Wildman–Crippen MR) is 366 cm³/mol. The molecule has 0 aliphatic rings. The topological polar surface area (TPSA) is 280 Å². The molecule has 0 radical (unpaired) electrons. The molecule has 0 aliphatic heterocycles. The highest BCUT2D eigenvalue weighted by molar-refractivity contribution is 5.97. The smallest absolute Gasteiger partial charge is 0.407 e. The molecule has 0 saturated heterocycles. The van der Waals surface area contributed by atoms with Crippen molar-refractivity contribution in [3.05, 3.63) is 52.1 Å². The van der Waals surface area contributed by atoms with Gasteiger partial charge in [0, 0.05) is 50.6 Å². The number of amides is 3. The molecule has 0 spiro atoms. The number of fused-ring (bicyclic) bond motifs is 1. The molecule has 0 aliphatic carbocycles. The fraction of sp³-hybridized carbons (Fsp3) is 0.775. The molecule has 3 rings (SSSR count). The number of aliphatic carboxylic acids is 1. The lowest BCUT2D eigenvalue weighted by Gasteiger charge is -2.32. The quantitative estimate of drug-likeness (QED) is 0.0259. The van der Waals surface area contributed by atoms with Crippen molar-refractivity contribution in [3.8, 4) is 0 Å². The third-order valence-electron chi connectivity index (χ3n) is 16.5. The minimum absolute atomic E-state index is 0.0548. The van der Waals surface area contributed by atoms with Crippen LogP contribution < -0.4 is 32.6 Å². The lowest BCUT2D eigenvalue weighted by Crippen LogP contribution is -2.41. The van der Waals surface area contributed by atoms with Crippen LogP contribution in [0.3, 0.4) is 0 Å².